The van der Waals surface area contributed by atoms with E-state index >= 15 is 0 Å². The van der Waals surface area contributed by atoms with E-state index < -0.39 is 0 Å². The van der Waals surface area contributed by atoms with Crippen molar-refractivity contribution >= 4 is 63.6 Å². The van der Waals surface area contributed by atoms with Crippen LogP contribution < -0.4 is 10.6 Å². The fraction of sp³-hybridized carbons (Fsp3) is 0.174. The predicted molar refractivity (Wildman–Crippen MR) is 140 cm³/mol. The number of hydrogen-bond acceptors (Lipinski definition) is 3. The van der Waals surface area contributed by atoms with Crippen molar-refractivity contribution in [2.75, 3.05) is 10.6 Å². The van der Waals surface area contributed by atoms with E-state index in [1.54, 1.807) is 29.1 Å². The summed E-state index contributed by atoms with van der Waals surface area (Å²) in [5.41, 5.74) is 4.61. The predicted octanol–water partition coefficient (Wildman–Crippen LogP) is 6.56. The second-order valence-electron chi connectivity index (χ2n) is 7.49. The Morgan fingerprint density at radius 1 is 0.879 bits per heavy atom. The molecule has 0 atom stereocenters. The number of halogens is 3. The van der Waals surface area contributed by atoms with Crippen molar-refractivity contribution in [3.05, 3.63) is 92.3 Å². The summed E-state index contributed by atoms with van der Waals surface area (Å²) in [5, 5.41) is 17.3. The smallest absolute Gasteiger partial charge is 0.176 e. The molecule has 0 aliphatic carbocycles. The minimum Gasteiger partial charge on any atom is -0.329 e. The van der Waals surface area contributed by atoms with E-state index in [1.165, 1.54) is 5.56 Å². The molecule has 4 rings (SSSR count). The highest BCUT2D eigenvalue weighted by molar-refractivity contribution is 7.80. The van der Waals surface area contributed by atoms with Crippen molar-refractivity contribution in [1.82, 2.24) is 19.6 Å². The topological polar surface area (TPSA) is 59.7 Å². The summed E-state index contributed by atoms with van der Waals surface area (Å²) >= 11 is 24.4. The number of thiocarbonyl (C=S) groups is 1. The van der Waals surface area contributed by atoms with Gasteiger partial charge in [0, 0.05) is 21.8 Å². The number of nitrogens with one attached hydrogen (secondary N) is 2. The SMILES string of the molecule is Cc1nn(Cc2ccccc2)c(C)c1NC(=S)Nc1nn(Cc2c(Cl)cccc2Cl)cc1Cl. The van der Waals surface area contributed by atoms with Gasteiger partial charge in [0.2, 0.25) is 0 Å². The van der Waals surface area contributed by atoms with Gasteiger partial charge in [0.1, 0.15) is 5.02 Å². The summed E-state index contributed by atoms with van der Waals surface area (Å²) in [4.78, 5) is 0. The molecule has 0 amide bonds. The first-order chi connectivity index (χ1) is 15.8. The first kappa shape index (κ1) is 23.6. The largest absolute Gasteiger partial charge is 0.329 e. The monoisotopic (exact) mass is 518 g/mol. The van der Waals surface area contributed by atoms with Gasteiger partial charge in [-0.05, 0) is 43.8 Å². The molecule has 6 nitrogen and oxygen atoms in total. The Morgan fingerprint density at radius 2 is 1.58 bits per heavy atom. The van der Waals surface area contributed by atoms with E-state index in [2.05, 4.69) is 33.0 Å². The van der Waals surface area contributed by atoms with Gasteiger partial charge in [-0.25, -0.2) is 0 Å². The van der Waals surface area contributed by atoms with Gasteiger partial charge in [-0.15, -0.1) is 0 Å². The Kier molecular flexibility index (Phi) is 7.24. The minimum absolute atomic E-state index is 0.364. The first-order valence-corrected chi connectivity index (χ1v) is 11.7. The van der Waals surface area contributed by atoms with Crippen LogP contribution in [0.5, 0.6) is 0 Å². The van der Waals surface area contributed by atoms with Crippen LogP contribution in [0.3, 0.4) is 0 Å². The van der Waals surface area contributed by atoms with Crippen LogP contribution >= 0.6 is 47.0 Å². The van der Waals surface area contributed by atoms with Crippen molar-refractivity contribution in [2.24, 2.45) is 0 Å². The Hall–Kier alpha value is -2.58. The molecule has 2 heterocycles. The van der Waals surface area contributed by atoms with Crippen LogP contribution in [0.4, 0.5) is 11.5 Å². The number of aromatic nitrogens is 4. The van der Waals surface area contributed by atoms with E-state index in [1.807, 2.05) is 36.7 Å². The van der Waals surface area contributed by atoms with Gasteiger partial charge in [0.05, 0.1) is 30.2 Å². The Balaban J connectivity index is 1.45. The minimum atomic E-state index is 0.364. The molecular formula is C23H21Cl3N6S. The van der Waals surface area contributed by atoms with Gasteiger partial charge in [-0.3, -0.25) is 9.36 Å². The number of aryl methyl sites for hydroxylation is 1. The van der Waals surface area contributed by atoms with Crippen LogP contribution in [0.25, 0.3) is 0 Å². The number of rotatable bonds is 6. The molecule has 0 saturated heterocycles. The molecule has 0 unspecified atom stereocenters. The molecule has 2 aromatic heterocycles. The van der Waals surface area contributed by atoms with E-state index in [0.717, 1.165) is 22.6 Å². The van der Waals surface area contributed by atoms with Crippen molar-refractivity contribution in [3.63, 3.8) is 0 Å². The summed E-state index contributed by atoms with van der Waals surface area (Å²) in [6.07, 6.45) is 1.69. The van der Waals surface area contributed by atoms with Gasteiger partial charge in [-0.1, -0.05) is 71.2 Å². The lowest BCUT2D eigenvalue weighted by atomic mass is 10.2. The molecule has 0 fully saturated rings. The summed E-state index contributed by atoms with van der Waals surface area (Å²) in [6, 6.07) is 15.5. The summed E-state index contributed by atoms with van der Waals surface area (Å²) in [5.74, 6) is 0.435. The second kappa shape index (κ2) is 10.1. The highest BCUT2D eigenvalue weighted by Gasteiger charge is 2.16. The normalized spacial score (nSPS) is 10.9. The molecule has 10 heteroatoms. The van der Waals surface area contributed by atoms with Crippen molar-refractivity contribution < 1.29 is 0 Å². The van der Waals surface area contributed by atoms with Gasteiger partial charge >= 0.3 is 0 Å². The molecule has 33 heavy (non-hydrogen) atoms. The number of hydrogen-bond donors (Lipinski definition) is 2. The van der Waals surface area contributed by atoms with Crippen LogP contribution in [-0.2, 0) is 13.1 Å². The lowest BCUT2D eigenvalue weighted by Crippen LogP contribution is -2.20. The molecule has 0 aliphatic heterocycles. The van der Waals surface area contributed by atoms with Crippen molar-refractivity contribution in [3.8, 4) is 0 Å². The molecule has 2 N–H and O–H groups in total. The van der Waals surface area contributed by atoms with Gasteiger partial charge in [0.25, 0.3) is 0 Å². The average Bonchev–Trinajstić information content (AvgIpc) is 3.25. The van der Waals surface area contributed by atoms with Crippen molar-refractivity contribution in [1.29, 1.82) is 0 Å². The lowest BCUT2D eigenvalue weighted by Gasteiger charge is -2.10. The number of benzene rings is 2. The van der Waals surface area contributed by atoms with Crippen LogP contribution in [0.15, 0.2) is 54.7 Å². The molecule has 170 valence electrons. The van der Waals surface area contributed by atoms with Gasteiger partial charge in [-0.2, -0.15) is 10.2 Å². The molecule has 0 radical (unpaired) electrons. The number of anilines is 2. The summed E-state index contributed by atoms with van der Waals surface area (Å²) < 4.78 is 3.61. The van der Waals surface area contributed by atoms with E-state index in [9.17, 15) is 0 Å². The summed E-state index contributed by atoms with van der Waals surface area (Å²) in [6.45, 7) is 5.00. The molecule has 0 bridgehead atoms. The third-order valence-electron chi connectivity index (χ3n) is 5.13. The van der Waals surface area contributed by atoms with Crippen LogP contribution in [0.1, 0.15) is 22.5 Å². The fourth-order valence-electron chi connectivity index (χ4n) is 3.45. The maximum Gasteiger partial charge on any atom is 0.176 e. The third-order valence-corrected chi connectivity index (χ3v) is 6.31. The Bertz CT molecular complexity index is 1280. The van der Waals surface area contributed by atoms with E-state index in [4.69, 9.17) is 47.0 Å². The molecule has 0 spiro atoms. The molecule has 4 aromatic rings. The Morgan fingerprint density at radius 3 is 2.27 bits per heavy atom. The average molecular weight is 520 g/mol. The number of nitrogens with zero attached hydrogens (tertiary/aromatic N) is 4. The maximum atomic E-state index is 6.38. The maximum absolute atomic E-state index is 6.38. The van der Waals surface area contributed by atoms with Gasteiger partial charge < -0.3 is 10.6 Å². The molecule has 2 aromatic carbocycles. The lowest BCUT2D eigenvalue weighted by molar-refractivity contribution is 0.659. The van der Waals surface area contributed by atoms with Crippen LogP contribution in [0.2, 0.25) is 15.1 Å². The fourth-order valence-corrected chi connectivity index (χ4v) is 4.36. The zero-order chi connectivity index (χ0) is 23.5. The zero-order valence-corrected chi connectivity index (χ0v) is 21.0. The third kappa shape index (κ3) is 5.50. The summed E-state index contributed by atoms with van der Waals surface area (Å²) in [7, 11) is 0. The Labute approximate surface area is 212 Å². The molecule has 0 aliphatic rings. The van der Waals surface area contributed by atoms with Crippen LogP contribution in [-0.4, -0.2) is 24.7 Å². The zero-order valence-electron chi connectivity index (χ0n) is 17.9. The van der Waals surface area contributed by atoms with Crippen LogP contribution in [0, 0.1) is 13.8 Å². The van der Waals surface area contributed by atoms with E-state index in [-0.39, 0.29) is 0 Å². The quantitative estimate of drug-likeness (QED) is 0.282. The van der Waals surface area contributed by atoms with Crippen molar-refractivity contribution in [2.45, 2.75) is 26.9 Å². The highest BCUT2D eigenvalue weighted by atomic mass is 35.5. The first-order valence-electron chi connectivity index (χ1n) is 10.1. The second-order valence-corrected chi connectivity index (χ2v) is 9.12. The van der Waals surface area contributed by atoms with Gasteiger partial charge in [0.15, 0.2) is 10.9 Å². The van der Waals surface area contributed by atoms with E-state index in [0.29, 0.717) is 39.1 Å². The standard InChI is InChI=1S/C23H21Cl3N6S/c1-14-21(15(2)32(29-14)11-16-7-4-3-5-8-16)27-23(33)28-22-20(26)13-31(30-22)12-17-18(24)9-6-10-19(17)25/h3-10,13H,11-12H2,1-2H3,(H2,27,28,30,33). The highest BCUT2D eigenvalue weighted by Crippen LogP contribution is 2.27. The molecule has 0 saturated carbocycles. The molecular weight excluding hydrogens is 499 g/mol.